The zero-order valence-electron chi connectivity index (χ0n) is 16.4. The first-order chi connectivity index (χ1) is 12.5. The molecule has 1 heterocycles. The second-order valence-electron chi connectivity index (χ2n) is 7.89. The number of nitrogens with zero attached hydrogens (tertiary/aromatic N) is 2. The molecule has 1 fully saturated rings. The van der Waals surface area contributed by atoms with Gasteiger partial charge in [0.1, 0.15) is 5.37 Å². The van der Waals surface area contributed by atoms with E-state index in [-0.39, 0.29) is 28.9 Å². The summed E-state index contributed by atoms with van der Waals surface area (Å²) in [6.07, 6.45) is 0. The summed E-state index contributed by atoms with van der Waals surface area (Å²) in [7, 11) is 0. The molecule has 0 radical (unpaired) electrons. The van der Waals surface area contributed by atoms with Gasteiger partial charge in [-0.1, -0.05) is 29.3 Å². The van der Waals surface area contributed by atoms with Gasteiger partial charge in [-0.2, -0.15) is 0 Å². The third-order valence-corrected chi connectivity index (χ3v) is 6.14. The molecule has 1 saturated heterocycles. The van der Waals surface area contributed by atoms with Crippen LogP contribution < -0.4 is 5.32 Å². The van der Waals surface area contributed by atoms with Crippen LogP contribution in [0.4, 0.5) is 4.79 Å². The van der Waals surface area contributed by atoms with E-state index in [0.29, 0.717) is 28.9 Å². The third-order valence-electron chi connectivity index (χ3n) is 4.14. The molecule has 2 rings (SSSR count). The van der Waals surface area contributed by atoms with Gasteiger partial charge in [-0.05, 0) is 52.3 Å². The summed E-state index contributed by atoms with van der Waals surface area (Å²) in [5.74, 6) is 0.483. The van der Waals surface area contributed by atoms with Gasteiger partial charge in [0.05, 0.1) is 15.8 Å². The maximum absolute atomic E-state index is 12.6. The second kappa shape index (κ2) is 8.93. The van der Waals surface area contributed by atoms with E-state index >= 15 is 0 Å². The summed E-state index contributed by atoms with van der Waals surface area (Å²) < 4.78 is 0. The quantitative estimate of drug-likeness (QED) is 0.728. The Bertz CT molecular complexity index is 707. The minimum atomic E-state index is -0.313. The predicted octanol–water partition coefficient (Wildman–Crippen LogP) is 4.79. The van der Waals surface area contributed by atoms with Crippen molar-refractivity contribution in [2.75, 3.05) is 18.8 Å². The standard InChI is InChI=1S/C19H27Cl2N3O2S/c1-12(2)23(18(26)22-19(3,4)5)8-9-24-16(25)11-27-17(24)13-6-7-14(20)15(21)10-13/h6-7,10,12,17H,8-9,11H2,1-5H3,(H,22,26)/t17-/m0/s1. The zero-order valence-corrected chi connectivity index (χ0v) is 18.7. The number of hydrogen-bond acceptors (Lipinski definition) is 3. The van der Waals surface area contributed by atoms with Crippen LogP contribution in [-0.4, -0.2) is 52.2 Å². The van der Waals surface area contributed by atoms with Crippen LogP contribution in [0.5, 0.6) is 0 Å². The van der Waals surface area contributed by atoms with Crippen molar-refractivity contribution in [3.63, 3.8) is 0 Å². The first kappa shape index (κ1) is 22.2. The van der Waals surface area contributed by atoms with Crippen LogP contribution in [0.1, 0.15) is 45.6 Å². The summed E-state index contributed by atoms with van der Waals surface area (Å²) in [5.41, 5.74) is 0.627. The number of urea groups is 1. The Morgan fingerprint density at radius 3 is 2.56 bits per heavy atom. The van der Waals surface area contributed by atoms with Crippen molar-refractivity contribution in [2.45, 2.75) is 51.6 Å². The Morgan fingerprint density at radius 1 is 1.33 bits per heavy atom. The zero-order chi connectivity index (χ0) is 20.4. The number of carbonyl (C=O) groups is 2. The van der Waals surface area contributed by atoms with Gasteiger partial charge in [0, 0.05) is 24.7 Å². The molecule has 0 spiro atoms. The lowest BCUT2D eigenvalue weighted by molar-refractivity contribution is -0.128. The van der Waals surface area contributed by atoms with Crippen molar-refractivity contribution >= 4 is 46.9 Å². The molecule has 1 atom stereocenters. The minimum Gasteiger partial charge on any atom is -0.333 e. The lowest BCUT2D eigenvalue weighted by Gasteiger charge is -2.33. The van der Waals surface area contributed by atoms with Crippen LogP contribution in [0.25, 0.3) is 0 Å². The van der Waals surface area contributed by atoms with Crippen molar-refractivity contribution in [2.24, 2.45) is 0 Å². The summed E-state index contributed by atoms with van der Waals surface area (Å²) in [6, 6.07) is 5.35. The van der Waals surface area contributed by atoms with Crippen LogP contribution in [0.3, 0.4) is 0 Å². The molecule has 1 aromatic rings. The Kier molecular flexibility index (Phi) is 7.33. The molecule has 1 aliphatic rings. The average molecular weight is 432 g/mol. The SMILES string of the molecule is CC(C)N(CCN1C(=O)CS[C@H]1c1ccc(Cl)c(Cl)c1)C(=O)NC(C)(C)C. The van der Waals surface area contributed by atoms with Crippen molar-refractivity contribution in [1.82, 2.24) is 15.1 Å². The van der Waals surface area contributed by atoms with E-state index in [1.807, 2.05) is 45.6 Å². The molecule has 3 amide bonds. The molecular formula is C19H27Cl2N3O2S. The predicted molar refractivity (Wildman–Crippen MR) is 114 cm³/mol. The smallest absolute Gasteiger partial charge is 0.318 e. The lowest BCUT2D eigenvalue weighted by Crippen LogP contribution is -2.52. The number of nitrogens with one attached hydrogen (secondary N) is 1. The molecule has 0 unspecified atom stereocenters. The molecule has 1 N–H and O–H groups in total. The van der Waals surface area contributed by atoms with Gasteiger partial charge in [0.25, 0.3) is 0 Å². The van der Waals surface area contributed by atoms with Crippen LogP contribution in [-0.2, 0) is 4.79 Å². The van der Waals surface area contributed by atoms with E-state index in [0.717, 1.165) is 5.56 Å². The number of halogens is 2. The summed E-state index contributed by atoms with van der Waals surface area (Å²) in [5, 5.41) is 3.84. The van der Waals surface area contributed by atoms with Gasteiger partial charge in [-0.25, -0.2) is 4.79 Å². The maximum atomic E-state index is 12.6. The van der Waals surface area contributed by atoms with Gasteiger partial charge in [0.15, 0.2) is 0 Å². The molecule has 5 nitrogen and oxygen atoms in total. The Balaban J connectivity index is 2.11. The number of carbonyl (C=O) groups excluding carboxylic acids is 2. The Morgan fingerprint density at radius 2 is 2.00 bits per heavy atom. The monoisotopic (exact) mass is 431 g/mol. The highest BCUT2D eigenvalue weighted by Crippen LogP contribution is 2.40. The Labute approximate surface area is 175 Å². The van der Waals surface area contributed by atoms with E-state index in [1.165, 1.54) is 0 Å². The minimum absolute atomic E-state index is 0.0288. The fourth-order valence-electron chi connectivity index (χ4n) is 2.84. The highest BCUT2D eigenvalue weighted by molar-refractivity contribution is 8.00. The first-order valence-electron chi connectivity index (χ1n) is 8.94. The molecule has 0 aromatic heterocycles. The van der Waals surface area contributed by atoms with Gasteiger partial charge < -0.3 is 15.1 Å². The maximum Gasteiger partial charge on any atom is 0.318 e. The lowest BCUT2D eigenvalue weighted by atomic mass is 10.1. The van der Waals surface area contributed by atoms with Crippen LogP contribution in [0.2, 0.25) is 10.0 Å². The third kappa shape index (κ3) is 5.93. The van der Waals surface area contributed by atoms with E-state index < -0.39 is 0 Å². The number of amides is 3. The van der Waals surface area contributed by atoms with Crippen LogP contribution in [0.15, 0.2) is 18.2 Å². The highest BCUT2D eigenvalue weighted by atomic mass is 35.5. The normalized spacial score (nSPS) is 17.6. The van der Waals surface area contributed by atoms with Gasteiger partial charge in [0.2, 0.25) is 5.91 Å². The van der Waals surface area contributed by atoms with Gasteiger partial charge in [-0.15, -0.1) is 11.8 Å². The number of benzene rings is 1. The van der Waals surface area contributed by atoms with Crippen molar-refractivity contribution < 1.29 is 9.59 Å². The number of hydrogen-bond donors (Lipinski definition) is 1. The summed E-state index contributed by atoms with van der Waals surface area (Å²) in [4.78, 5) is 28.6. The molecule has 0 aliphatic carbocycles. The van der Waals surface area contributed by atoms with Crippen molar-refractivity contribution in [1.29, 1.82) is 0 Å². The molecule has 0 bridgehead atoms. The largest absolute Gasteiger partial charge is 0.333 e. The van der Waals surface area contributed by atoms with E-state index in [9.17, 15) is 9.59 Å². The first-order valence-corrected chi connectivity index (χ1v) is 10.7. The van der Waals surface area contributed by atoms with Gasteiger partial charge >= 0.3 is 6.03 Å². The molecule has 8 heteroatoms. The van der Waals surface area contributed by atoms with Gasteiger partial charge in [-0.3, -0.25) is 4.79 Å². The molecule has 1 aromatic carbocycles. The van der Waals surface area contributed by atoms with Crippen LogP contribution >= 0.6 is 35.0 Å². The van der Waals surface area contributed by atoms with Crippen molar-refractivity contribution in [3.8, 4) is 0 Å². The van der Waals surface area contributed by atoms with E-state index in [4.69, 9.17) is 23.2 Å². The van der Waals surface area contributed by atoms with Crippen molar-refractivity contribution in [3.05, 3.63) is 33.8 Å². The molecule has 1 aliphatic heterocycles. The highest BCUT2D eigenvalue weighted by Gasteiger charge is 2.34. The summed E-state index contributed by atoms with van der Waals surface area (Å²) in [6.45, 7) is 10.7. The van der Waals surface area contributed by atoms with Crippen LogP contribution in [0, 0.1) is 0 Å². The summed E-state index contributed by atoms with van der Waals surface area (Å²) >= 11 is 13.7. The molecule has 150 valence electrons. The molecule has 27 heavy (non-hydrogen) atoms. The molecule has 0 saturated carbocycles. The average Bonchev–Trinajstić information content (AvgIpc) is 2.89. The van der Waals surface area contributed by atoms with E-state index in [1.54, 1.807) is 28.8 Å². The number of rotatable bonds is 5. The second-order valence-corrected chi connectivity index (χ2v) is 9.77. The Hall–Kier alpha value is -1.11. The topological polar surface area (TPSA) is 52.7 Å². The fraction of sp³-hybridized carbons (Fsp3) is 0.579. The molecular weight excluding hydrogens is 405 g/mol. The van der Waals surface area contributed by atoms with E-state index in [2.05, 4.69) is 5.32 Å². The number of thioether (sulfide) groups is 1. The fourth-order valence-corrected chi connectivity index (χ4v) is 4.36.